The van der Waals surface area contributed by atoms with Crippen LogP contribution in [0.4, 0.5) is 0 Å². The topological polar surface area (TPSA) is 66.8 Å². The van der Waals surface area contributed by atoms with Crippen molar-refractivity contribution in [3.8, 4) is 0 Å². The maximum atomic E-state index is 12.6. The number of hydrogen-bond acceptors (Lipinski definition) is 3. The van der Waals surface area contributed by atoms with Crippen molar-refractivity contribution in [3.63, 3.8) is 0 Å². The number of nitrogens with zero attached hydrogens (tertiary/aromatic N) is 4. The van der Waals surface area contributed by atoms with Crippen LogP contribution in [-0.4, -0.2) is 43.4 Å². The van der Waals surface area contributed by atoms with E-state index in [0.717, 1.165) is 37.0 Å². The minimum absolute atomic E-state index is 0.146. The summed E-state index contributed by atoms with van der Waals surface area (Å²) in [5.41, 5.74) is 2.19. The first-order chi connectivity index (χ1) is 12.2. The van der Waals surface area contributed by atoms with Crippen LogP contribution in [0.5, 0.6) is 0 Å². The largest absolute Gasteiger partial charge is 0.343 e. The number of piperidine rings is 1. The molecule has 6 heteroatoms. The Bertz CT molecular complexity index is 813. The second-order valence-corrected chi connectivity index (χ2v) is 6.88. The van der Waals surface area contributed by atoms with Crippen LogP contribution in [0.3, 0.4) is 0 Å². The van der Waals surface area contributed by atoms with Crippen LogP contribution in [-0.2, 0) is 4.79 Å². The third-order valence-corrected chi connectivity index (χ3v) is 5.20. The summed E-state index contributed by atoms with van der Waals surface area (Å²) in [7, 11) is 0. The lowest BCUT2D eigenvalue weighted by atomic mass is 9.93. The quantitative estimate of drug-likeness (QED) is 0.795. The van der Waals surface area contributed by atoms with Crippen molar-refractivity contribution in [1.82, 2.24) is 24.4 Å². The highest BCUT2D eigenvalue weighted by Crippen LogP contribution is 2.30. The van der Waals surface area contributed by atoms with E-state index in [9.17, 15) is 4.79 Å². The van der Waals surface area contributed by atoms with E-state index in [-0.39, 0.29) is 11.9 Å². The van der Waals surface area contributed by atoms with E-state index in [1.807, 2.05) is 27.9 Å². The zero-order valence-corrected chi connectivity index (χ0v) is 14.4. The molecule has 1 N–H and O–H groups in total. The van der Waals surface area contributed by atoms with Gasteiger partial charge in [0.05, 0.1) is 6.33 Å². The molecule has 3 aromatic heterocycles. The summed E-state index contributed by atoms with van der Waals surface area (Å²) in [4.78, 5) is 26.4. The van der Waals surface area contributed by atoms with Crippen molar-refractivity contribution < 1.29 is 4.79 Å². The van der Waals surface area contributed by atoms with Crippen LogP contribution < -0.4 is 0 Å². The van der Waals surface area contributed by atoms with Crippen LogP contribution in [0, 0.1) is 0 Å². The molecule has 0 bridgehead atoms. The standard InChI is InChI=1S/C19H23N5O/c1-14(24-10-7-20-13-24)11-18(25)23-8-4-15(5-9-23)17-12-16-3-2-6-21-19(16)22-17/h2-3,6-7,10,12-15H,4-5,8-9,11H2,1H3,(H,21,22)/t14-/m0/s1. The maximum Gasteiger partial charge on any atom is 0.224 e. The number of amides is 1. The van der Waals surface area contributed by atoms with E-state index >= 15 is 0 Å². The molecule has 0 radical (unpaired) electrons. The fourth-order valence-electron chi connectivity index (χ4n) is 3.66. The van der Waals surface area contributed by atoms with E-state index < -0.39 is 0 Å². The van der Waals surface area contributed by atoms with Gasteiger partial charge < -0.3 is 14.5 Å². The highest BCUT2D eigenvalue weighted by atomic mass is 16.2. The first-order valence-electron chi connectivity index (χ1n) is 8.89. The van der Waals surface area contributed by atoms with Crippen molar-refractivity contribution in [2.75, 3.05) is 13.1 Å². The number of imidazole rings is 1. The maximum absolute atomic E-state index is 12.6. The van der Waals surface area contributed by atoms with E-state index in [1.54, 1.807) is 12.5 Å². The molecule has 1 fully saturated rings. The molecule has 1 saturated heterocycles. The molecule has 6 nitrogen and oxygen atoms in total. The minimum atomic E-state index is 0.146. The molecule has 0 unspecified atom stereocenters. The summed E-state index contributed by atoms with van der Waals surface area (Å²) < 4.78 is 1.99. The molecule has 130 valence electrons. The number of aromatic amines is 1. The summed E-state index contributed by atoms with van der Waals surface area (Å²) >= 11 is 0. The van der Waals surface area contributed by atoms with Crippen molar-refractivity contribution in [1.29, 1.82) is 0 Å². The van der Waals surface area contributed by atoms with Gasteiger partial charge in [-0.15, -0.1) is 0 Å². The molecular formula is C19H23N5O. The van der Waals surface area contributed by atoms with Gasteiger partial charge in [0.2, 0.25) is 5.91 Å². The normalized spacial score (nSPS) is 17.1. The van der Waals surface area contributed by atoms with Crippen LogP contribution in [0.15, 0.2) is 43.1 Å². The zero-order chi connectivity index (χ0) is 17.2. The number of likely N-dealkylation sites (tertiary alicyclic amines) is 1. The van der Waals surface area contributed by atoms with Crippen molar-refractivity contribution in [2.45, 2.75) is 38.1 Å². The molecule has 0 saturated carbocycles. The van der Waals surface area contributed by atoms with Gasteiger partial charge in [-0.3, -0.25) is 4.79 Å². The predicted molar refractivity (Wildman–Crippen MR) is 96.2 cm³/mol. The number of pyridine rings is 1. The summed E-state index contributed by atoms with van der Waals surface area (Å²) in [5, 5.41) is 1.16. The molecule has 0 aromatic carbocycles. The zero-order valence-electron chi connectivity index (χ0n) is 14.4. The molecule has 1 atom stereocenters. The number of rotatable bonds is 4. The average Bonchev–Trinajstić information content (AvgIpc) is 3.31. The lowest BCUT2D eigenvalue weighted by Gasteiger charge is -2.32. The number of carbonyl (C=O) groups excluding carboxylic acids is 1. The lowest BCUT2D eigenvalue weighted by molar-refractivity contribution is -0.133. The van der Waals surface area contributed by atoms with Gasteiger partial charge in [0.1, 0.15) is 5.65 Å². The smallest absolute Gasteiger partial charge is 0.224 e. The van der Waals surface area contributed by atoms with Crippen LogP contribution in [0.25, 0.3) is 11.0 Å². The third-order valence-electron chi connectivity index (χ3n) is 5.20. The van der Waals surface area contributed by atoms with Crippen molar-refractivity contribution in [3.05, 3.63) is 48.8 Å². The van der Waals surface area contributed by atoms with Crippen molar-refractivity contribution >= 4 is 16.9 Å². The predicted octanol–water partition coefficient (Wildman–Crippen LogP) is 3.12. The molecule has 1 aliphatic heterocycles. The van der Waals surface area contributed by atoms with E-state index in [4.69, 9.17) is 0 Å². The number of aromatic nitrogens is 4. The fourth-order valence-corrected chi connectivity index (χ4v) is 3.66. The minimum Gasteiger partial charge on any atom is -0.343 e. The average molecular weight is 337 g/mol. The summed E-state index contributed by atoms with van der Waals surface area (Å²) in [5.74, 6) is 0.710. The Labute approximate surface area is 146 Å². The van der Waals surface area contributed by atoms with Crippen LogP contribution >= 0.6 is 0 Å². The Kier molecular flexibility index (Phi) is 4.26. The number of hydrogen-bond donors (Lipinski definition) is 1. The molecule has 4 rings (SSSR count). The monoisotopic (exact) mass is 337 g/mol. The van der Waals surface area contributed by atoms with Gasteiger partial charge in [-0.25, -0.2) is 9.97 Å². The molecule has 1 amide bonds. The second-order valence-electron chi connectivity index (χ2n) is 6.88. The number of carbonyl (C=O) groups is 1. The van der Waals surface area contributed by atoms with Gasteiger partial charge in [-0.2, -0.15) is 0 Å². The Morgan fingerprint density at radius 1 is 1.36 bits per heavy atom. The molecule has 0 spiro atoms. The Balaban J connectivity index is 1.35. The summed E-state index contributed by atoms with van der Waals surface area (Å²) in [6, 6.07) is 6.39. The van der Waals surface area contributed by atoms with Gasteiger partial charge in [-0.1, -0.05) is 0 Å². The van der Waals surface area contributed by atoms with E-state index in [0.29, 0.717) is 12.3 Å². The van der Waals surface area contributed by atoms with Crippen LogP contribution in [0.1, 0.15) is 43.8 Å². The third kappa shape index (κ3) is 3.29. The number of nitrogens with one attached hydrogen (secondary N) is 1. The molecular weight excluding hydrogens is 314 g/mol. The molecule has 0 aliphatic carbocycles. The lowest BCUT2D eigenvalue weighted by Crippen LogP contribution is -2.38. The first-order valence-corrected chi connectivity index (χ1v) is 8.89. The SMILES string of the molecule is C[C@@H](CC(=O)N1CCC(c2cc3cccnc3[nH]2)CC1)n1ccnc1. The van der Waals surface area contributed by atoms with Gasteiger partial charge >= 0.3 is 0 Å². The molecule has 3 aromatic rings. The highest BCUT2D eigenvalue weighted by molar-refractivity contribution is 5.77. The Morgan fingerprint density at radius 2 is 2.20 bits per heavy atom. The van der Waals surface area contributed by atoms with E-state index in [2.05, 4.69) is 34.0 Å². The molecule has 4 heterocycles. The van der Waals surface area contributed by atoms with Crippen LogP contribution in [0.2, 0.25) is 0 Å². The van der Waals surface area contributed by atoms with Gasteiger partial charge in [-0.05, 0) is 38.0 Å². The fraction of sp³-hybridized carbons (Fsp3) is 0.421. The van der Waals surface area contributed by atoms with E-state index in [1.165, 1.54) is 5.69 Å². The van der Waals surface area contributed by atoms with Crippen molar-refractivity contribution in [2.24, 2.45) is 0 Å². The Hall–Kier alpha value is -2.63. The summed E-state index contributed by atoms with van der Waals surface area (Å²) in [6.45, 7) is 3.70. The number of H-pyrrole nitrogens is 1. The van der Waals surface area contributed by atoms with Gasteiger partial charge in [0.25, 0.3) is 0 Å². The highest BCUT2D eigenvalue weighted by Gasteiger charge is 2.25. The second kappa shape index (κ2) is 6.70. The summed E-state index contributed by atoms with van der Waals surface area (Å²) in [6.07, 6.45) is 9.77. The number of fused-ring (bicyclic) bond motifs is 1. The van der Waals surface area contributed by atoms with Gasteiger partial charge in [0.15, 0.2) is 0 Å². The molecule has 1 aliphatic rings. The first kappa shape index (κ1) is 15.9. The Morgan fingerprint density at radius 3 is 2.92 bits per heavy atom. The molecule has 25 heavy (non-hydrogen) atoms. The van der Waals surface area contributed by atoms with Gasteiger partial charge in [0, 0.05) is 61.1 Å².